The van der Waals surface area contributed by atoms with E-state index in [4.69, 9.17) is 27.8 Å². The van der Waals surface area contributed by atoms with E-state index in [1.807, 2.05) is 24.3 Å². The Hall–Kier alpha value is -1.85. The molecule has 0 spiro atoms. The van der Waals surface area contributed by atoms with Crippen molar-refractivity contribution in [3.63, 3.8) is 0 Å². The molecule has 0 atom stereocenters. The number of hydrogen-bond acceptors (Lipinski definition) is 5. The maximum absolute atomic E-state index is 5.87. The van der Waals surface area contributed by atoms with E-state index in [1.165, 1.54) is 0 Å². The molecule has 0 fully saturated rings. The quantitative estimate of drug-likeness (QED) is 0.836. The minimum Gasteiger partial charge on any atom is -0.471 e. The third-order valence-corrected chi connectivity index (χ3v) is 2.90. The lowest BCUT2D eigenvalue weighted by molar-refractivity contribution is 0.294. The molecule has 0 bridgehead atoms. The van der Waals surface area contributed by atoms with Gasteiger partial charge in [-0.1, -0.05) is 35.9 Å². The monoisotopic (exact) mass is 278 g/mol. The fourth-order valence-corrected chi connectivity index (χ4v) is 1.76. The summed E-state index contributed by atoms with van der Waals surface area (Å²) in [5, 5.41) is 0.209. The molecule has 0 saturated heterocycles. The molecule has 2 aromatic rings. The molecule has 0 saturated carbocycles. The summed E-state index contributed by atoms with van der Waals surface area (Å²) in [5.41, 5.74) is 13.6. The number of aryl methyl sites for hydroxylation is 1. The zero-order valence-electron chi connectivity index (χ0n) is 10.6. The van der Waals surface area contributed by atoms with E-state index in [0.29, 0.717) is 24.9 Å². The fraction of sp³-hybridized carbons (Fsp3) is 0.231. The van der Waals surface area contributed by atoms with Gasteiger partial charge in [-0.3, -0.25) is 0 Å². The number of aromatic nitrogens is 2. The van der Waals surface area contributed by atoms with Gasteiger partial charge in [0.15, 0.2) is 5.15 Å². The van der Waals surface area contributed by atoms with E-state index in [0.717, 1.165) is 11.1 Å². The number of nitrogens with zero attached hydrogens (tertiary/aromatic N) is 2. The summed E-state index contributed by atoms with van der Waals surface area (Å²) in [6.45, 7) is 2.62. The topological polar surface area (TPSA) is 87.0 Å². The summed E-state index contributed by atoms with van der Waals surface area (Å²) in [4.78, 5) is 8.07. The molecule has 5 nitrogen and oxygen atoms in total. The summed E-state index contributed by atoms with van der Waals surface area (Å²) in [5.74, 6) is 0.827. The van der Waals surface area contributed by atoms with E-state index < -0.39 is 0 Å². The molecular formula is C13H15ClN4O. The van der Waals surface area contributed by atoms with Gasteiger partial charge in [0.2, 0.25) is 5.88 Å². The second-order valence-corrected chi connectivity index (χ2v) is 4.45. The highest BCUT2D eigenvalue weighted by Gasteiger charge is 2.09. The van der Waals surface area contributed by atoms with E-state index in [1.54, 1.807) is 6.92 Å². The van der Waals surface area contributed by atoms with Gasteiger partial charge in [0.25, 0.3) is 0 Å². The minimum atomic E-state index is 0.209. The highest BCUT2D eigenvalue weighted by molar-refractivity contribution is 6.32. The molecule has 0 amide bonds. The van der Waals surface area contributed by atoms with Crippen LogP contribution in [0.2, 0.25) is 5.15 Å². The Morgan fingerprint density at radius 2 is 1.79 bits per heavy atom. The van der Waals surface area contributed by atoms with Crippen LogP contribution in [0.1, 0.15) is 17.0 Å². The number of hydrogen-bond donors (Lipinski definition) is 2. The highest BCUT2D eigenvalue weighted by Crippen LogP contribution is 2.26. The summed E-state index contributed by atoms with van der Waals surface area (Å²) < 4.78 is 5.57. The molecule has 0 unspecified atom stereocenters. The normalized spacial score (nSPS) is 10.5. The van der Waals surface area contributed by atoms with Crippen molar-refractivity contribution in [2.75, 3.05) is 5.73 Å². The maximum Gasteiger partial charge on any atom is 0.242 e. The van der Waals surface area contributed by atoms with Crippen LogP contribution >= 0.6 is 11.6 Å². The largest absolute Gasteiger partial charge is 0.471 e. The smallest absolute Gasteiger partial charge is 0.242 e. The molecule has 0 radical (unpaired) electrons. The predicted octanol–water partition coefficient (Wildman–Crippen LogP) is 2.06. The van der Waals surface area contributed by atoms with Crippen molar-refractivity contribution in [2.24, 2.45) is 5.73 Å². The minimum absolute atomic E-state index is 0.209. The number of benzene rings is 1. The van der Waals surface area contributed by atoms with Gasteiger partial charge in [-0.15, -0.1) is 0 Å². The Bertz CT molecular complexity index is 572. The van der Waals surface area contributed by atoms with E-state index in [2.05, 4.69) is 9.97 Å². The average Bonchev–Trinajstić information content (AvgIpc) is 2.41. The Kier molecular flexibility index (Phi) is 4.19. The second-order valence-electron chi connectivity index (χ2n) is 4.09. The molecule has 19 heavy (non-hydrogen) atoms. The first-order valence-corrected chi connectivity index (χ1v) is 6.18. The van der Waals surface area contributed by atoms with Crippen LogP contribution in [0, 0.1) is 6.92 Å². The van der Waals surface area contributed by atoms with Crippen molar-refractivity contribution >= 4 is 17.3 Å². The van der Waals surface area contributed by atoms with Crippen LogP contribution in [0.15, 0.2) is 24.3 Å². The van der Waals surface area contributed by atoms with Crippen LogP contribution in [0.4, 0.5) is 5.69 Å². The van der Waals surface area contributed by atoms with Gasteiger partial charge in [0, 0.05) is 6.54 Å². The molecule has 100 valence electrons. The van der Waals surface area contributed by atoms with Crippen LogP contribution in [0.3, 0.4) is 0 Å². The van der Waals surface area contributed by atoms with Gasteiger partial charge in [-0.2, -0.15) is 4.98 Å². The van der Waals surface area contributed by atoms with Gasteiger partial charge < -0.3 is 16.2 Å². The van der Waals surface area contributed by atoms with Crippen molar-refractivity contribution in [1.82, 2.24) is 9.97 Å². The fourth-order valence-electron chi connectivity index (χ4n) is 1.56. The van der Waals surface area contributed by atoms with Gasteiger partial charge in [0.05, 0.1) is 0 Å². The number of halogens is 1. The van der Waals surface area contributed by atoms with E-state index in [-0.39, 0.29) is 10.8 Å². The molecule has 1 aromatic heterocycles. The molecule has 0 aliphatic rings. The van der Waals surface area contributed by atoms with E-state index in [9.17, 15) is 0 Å². The zero-order valence-corrected chi connectivity index (χ0v) is 11.3. The van der Waals surface area contributed by atoms with Crippen LogP contribution < -0.4 is 16.2 Å². The van der Waals surface area contributed by atoms with Crippen LogP contribution in [-0.2, 0) is 13.2 Å². The molecule has 1 aromatic carbocycles. The first kappa shape index (κ1) is 13.6. The van der Waals surface area contributed by atoms with Crippen LogP contribution in [-0.4, -0.2) is 9.97 Å². The summed E-state index contributed by atoms with van der Waals surface area (Å²) in [6, 6.07) is 7.82. The second kappa shape index (κ2) is 5.86. The van der Waals surface area contributed by atoms with Crippen LogP contribution in [0.5, 0.6) is 5.88 Å². The molecule has 1 heterocycles. The number of ether oxygens (including phenoxy) is 1. The van der Waals surface area contributed by atoms with Crippen molar-refractivity contribution in [3.8, 4) is 5.88 Å². The molecular weight excluding hydrogens is 264 g/mol. The average molecular weight is 279 g/mol. The maximum atomic E-state index is 5.87. The molecule has 2 rings (SSSR count). The number of anilines is 1. The Morgan fingerprint density at radius 3 is 2.42 bits per heavy atom. The summed E-state index contributed by atoms with van der Waals surface area (Å²) in [6.07, 6.45) is 0. The first-order valence-electron chi connectivity index (χ1n) is 5.80. The number of nitrogen functional groups attached to an aromatic ring is 1. The lowest BCUT2D eigenvalue weighted by Gasteiger charge is -2.09. The van der Waals surface area contributed by atoms with Crippen LogP contribution in [0.25, 0.3) is 0 Å². The summed E-state index contributed by atoms with van der Waals surface area (Å²) >= 11 is 5.87. The predicted molar refractivity (Wildman–Crippen MR) is 74.9 cm³/mol. The lowest BCUT2D eigenvalue weighted by atomic mass is 10.1. The standard InChI is InChI=1S/C13H15ClN4O/c1-8-17-12(14)11(16)13(18-8)19-7-10-4-2-9(6-15)3-5-10/h2-5H,6-7,15-16H2,1H3. The molecule has 4 N–H and O–H groups in total. The van der Waals surface area contributed by atoms with Crippen molar-refractivity contribution < 1.29 is 4.74 Å². The molecule has 0 aliphatic carbocycles. The first-order chi connectivity index (χ1) is 9.10. The van der Waals surface area contributed by atoms with Gasteiger partial charge >= 0.3 is 0 Å². The third-order valence-electron chi connectivity index (χ3n) is 2.61. The molecule has 6 heteroatoms. The van der Waals surface area contributed by atoms with Gasteiger partial charge in [0.1, 0.15) is 18.1 Å². The highest BCUT2D eigenvalue weighted by atomic mass is 35.5. The summed E-state index contributed by atoms with van der Waals surface area (Å²) in [7, 11) is 0. The molecule has 0 aliphatic heterocycles. The Balaban J connectivity index is 2.09. The lowest BCUT2D eigenvalue weighted by Crippen LogP contribution is -2.04. The number of nitrogens with two attached hydrogens (primary N) is 2. The van der Waals surface area contributed by atoms with Gasteiger partial charge in [-0.05, 0) is 18.1 Å². The Labute approximate surface area is 116 Å². The van der Waals surface area contributed by atoms with E-state index >= 15 is 0 Å². The zero-order chi connectivity index (χ0) is 13.8. The Morgan fingerprint density at radius 1 is 1.16 bits per heavy atom. The van der Waals surface area contributed by atoms with Gasteiger partial charge in [-0.25, -0.2) is 4.98 Å². The number of rotatable bonds is 4. The third kappa shape index (κ3) is 3.33. The SMILES string of the molecule is Cc1nc(Cl)c(N)c(OCc2ccc(CN)cc2)n1. The van der Waals surface area contributed by atoms with Crippen molar-refractivity contribution in [2.45, 2.75) is 20.1 Å². The van der Waals surface area contributed by atoms with Crippen molar-refractivity contribution in [3.05, 3.63) is 46.4 Å². The van der Waals surface area contributed by atoms with Crippen molar-refractivity contribution in [1.29, 1.82) is 0 Å².